The highest BCUT2D eigenvalue weighted by atomic mass is 19.4. The number of piperidine rings is 1. The third-order valence-electron chi connectivity index (χ3n) is 3.52. The zero-order valence-electron chi connectivity index (χ0n) is 11.9. The molecule has 1 aliphatic heterocycles. The summed E-state index contributed by atoms with van der Waals surface area (Å²) in [6.45, 7) is 0.0759. The smallest absolute Gasteiger partial charge is 0.339 e. The van der Waals surface area contributed by atoms with E-state index in [4.69, 9.17) is 0 Å². The van der Waals surface area contributed by atoms with Crippen molar-refractivity contribution in [1.82, 2.24) is 10.2 Å². The molecule has 2 amide bonds. The normalized spacial score (nSPS) is 17.2. The van der Waals surface area contributed by atoms with Gasteiger partial charge in [0, 0.05) is 13.0 Å². The molecular formula is C15H17F3N2O2. The fourth-order valence-corrected chi connectivity index (χ4v) is 2.41. The van der Waals surface area contributed by atoms with Gasteiger partial charge in [-0.2, -0.15) is 13.2 Å². The van der Waals surface area contributed by atoms with Gasteiger partial charge in [-0.05, 0) is 18.4 Å². The van der Waals surface area contributed by atoms with Crippen molar-refractivity contribution in [2.45, 2.75) is 31.5 Å². The minimum absolute atomic E-state index is 0.0340. The van der Waals surface area contributed by atoms with Gasteiger partial charge in [-0.15, -0.1) is 0 Å². The summed E-state index contributed by atoms with van der Waals surface area (Å²) in [7, 11) is 0. The molecule has 1 heterocycles. The quantitative estimate of drug-likeness (QED) is 0.928. The summed E-state index contributed by atoms with van der Waals surface area (Å²) in [5, 5.41) is 1.98. The Labute approximate surface area is 126 Å². The van der Waals surface area contributed by atoms with Gasteiger partial charge in [-0.3, -0.25) is 9.59 Å². The van der Waals surface area contributed by atoms with E-state index in [1.165, 1.54) is 29.2 Å². The lowest BCUT2D eigenvalue weighted by Gasteiger charge is -2.28. The van der Waals surface area contributed by atoms with E-state index >= 15 is 0 Å². The number of alkyl halides is 3. The maximum absolute atomic E-state index is 13.1. The Morgan fingerprint density at radius 3 is 2.50 bits per heavy atom. The molecule has 0 unspecified atom stereocenters. The number of rotatable bonds is 4. The van der Waals surface area contributed by atoms with Crippen LogP contribution >= 0.6 is 0 Å². The average Bonchev–Trinajstić information content (AvgIpc) is 2.47. The van der Waals surface area contributed by atoms with E-state index < -0.39 is 18.1 Å². The Balaban J connectivity index is 2.04. The second-order valence-corrected chi connectivity index (χ2v) is 5.23. The molecular weight excluding hydrogens is 297 g/mol. The predicted molar refractivity (Wildman–Crippen MR) is 73.8 cm³/mol. The number of nitrogens with one attached hydrogen (secondary N) is 1. The largest absolute Gasteiger partial charge is 0.412 e. The van der Waals surface area contributed by atoms with Crippen LogP contribution in [0, 0.1) is 0 Å². The Kier molecular flexibility index (Phi) is 5.05. The lowest BCUT2D eigenvalue weighted by Crippen LogP contribution is -2.46. The third kappa shape index (κ3) is 4.22. The number of carbonyl (C=O) groups is 2. The molecule has 4 nitrogen and oxygen atoms in total. The molecule has 1 aliphatic rings. The van der Waals surface area contributed by atoms with Gasteiger partial charge in [-0.25, -0.2) is 0 Å². The van der Waals surface area contributed by atoms with Crippen molar-refractivity contribution in [3.63, 3.8) is 0 Å². The standard InChI is InChI=1S/C15H17F3N2O2/c16-15(17,18)14(11-6-2-1-3-7-11)19-12(21)10-20-9-5-4-8-13(20)22/h1-3,6-7,14H,4-5,8-10H2,(H,19,21)/t14-/m0/s1. The van der Waals surface area contributed by atoms with Crippen molar-refractivity contribution < 1.29 is 22.8 Å². The molecule has 22 heavy (non-hydrogen) atoms. The van der Waals surface area contributed by atoms with Crippen molar-refractivity contribution in [3.05, 3.63) is 35.9 Å². The number of amides is 2. The molecule has 120 valence electrons. The summed E-state index contributed by atoms with van der Waals surface area (Å²) < 4.78 is 39.4. The first-order valence-corrected chi connectivity index (χ1v) is 7.07. The molecule has 1 aromatic rings. The first kappa shape index (κ1) is 16.3. The van der Waals surface area contributed by atoms with Gasteiger partial charge >= 0.3 is 6.18 Å². The summed E-state index contributed by atoms with van der Waals surface area (Å²) in [5.41, 5.74) is -0.0340. The van der Waals surface area contributed by atoms with E-state index in [1.54, 1.807) is 6.07 Å². The van der Waals surface area contributed by atoms with Crippen LogP contribution in [0.15, 0.2) is 30.3 Å². The van der Waals surface area contributed by atoms with Crippen LogP contribution in [0.3, 0.4) is 0 Å². The lowest BCUT2D eigenvalue weighted by molar-refractivity contribution is -0.164. The summed E-state index contributed by atoms with van der Waals surface area (Å²) in [6.07, 6.45) is -2.73. The Morgan fingerprint density at radius 1 is 1.23 bits per heavy atom. The molecule has 2 rings (SSSR count). The van der Waals surface area contributed by atoms with Gasteiger partial charge in [-0.1, -0.05) is 30.3 Å². The minimum atomic E-state index is -4.59. The number of carbonyl (C=O) groups excluding carboxylic acids is 2. The maximum atomic E-state index is 13.1. The molecule has 0 bridgehead atoms. The van der Waals surface area contributed by atoms with Gasteiger partial charge in [0.2, 0.25) is 11.8 Å². The zero-order chi connectivity index (χ0) is 16.2. The second kappa shape index (κ2) is 6.81. The molecule has 7 heteroatoms. The number of nitrogens with zero attached hydrogens (tertiary/aromatic N) is 1. The number of halogens is 3. The van der Waals surface area contributed by atoms with Crippen LogP contribution in [0.2, 0.25) is 0 Å². The van der Waals surface area contributed by atoms with Gasteiger partial charge in [0.1, 0.15) is 0 Å². The Hall–Kier alpha value is -2.05. The van der Waals surface area contributed by atoms with E-state index in [0.29, 0.717) is 13.0 Å². The molecule has 0 saturated carbocycles. The van der Waals surface area contributed by atoms with E-state index in [-0.39, 0.29) is 18.0 Å². The first-order chi connectivity index (χ1) is 10.4. The van der Waals surface area contributed by atoms with Crippen LogP contribution in [0.4, 0.5) is 13.2 Å². The molecule has 1 saturated heterocycles. The molecule has 1 aromatic carbocycles. The van der Waals surface area contributed by atoms with Crippen LogP contribution in [0.1, 0.15) is 30.9 Å². The van der Waals surface area contributed by atoms with Crippen LogP contribution in [-0.2, 0) is 9.59 Å². The first-order valence-electron chi connectivity index (χ1n) is 7.07. The average molecular weight is 314 g/mol. The number of hydrogen-bond acceptors (Lipinski definition) is 2. The minimum Gasteiger partial charge on any atom is -0.339 e. The SMILES string of the molecule is O=C(CN1CCCCC1=O)N[C@@H](c1ccccc1)C(F)(F)F. The fourth-order valence-electron chi connectivity index (χ4n) is 2.41. The van der Waals surface area contributed by atoms with Crippen molar-refractivity contribution >= 4 is 11.8 Å². The second-order valence-electron chi connectivity index (χ2n) is 5.23. The van der Waals surface area contributed by atoms with Gasteiger partial charge in [0.05, 0.1) is 6.54 Å². The van der Waals surface area contributed by atoms with Crippen molar-refractivity contribution in [2.24, 2.45) is 0 Å². The summed E-state index contributed by atoms with van der Waals surface area (Å²) in [6, 6.07) is 5.12. The predicted octanol–water partition coefficient (Wildman–Crippen LogP) is 2.42. The van der Waals surface area contributed by atoms with E-state index in [2.05, 4.69) is 0 Å². The monoisotopic (exact) mass is 314 g/mol. The highest BCUT2D eigenvalue weighted by Gasteiger charge is 2.42. The van der Waals surface area contributed by atoms with Crippen LogP contribution in [0.5, 0.6) is 0 Å². The van der Waals surface area contributed by atoms with Crippen LogP contribution in [0.25, 0.3) is 0 Å². The number of benzene rings is 1. The van der Waals surface area contributed by atoms with Gasteiger partial charge in [0.25, 0.3) is 0 Å². The van der Waals surface area contributed by atoms with Gasteiger partial charge in [0.15, 0.2) is 6.04 Å². The highest BCUT2D eigenvalue weighted by Crippen LogP contribution is 2.32. The number of likely N-dealkylation sites (tertiary alicyclic amines) is 1. The fraction of sp³-hybridized carbons (Fsp3) is 0.467. The van der Waals surface area contributed by atoms with Crippen molar-refractivity contribution in [1.29, 1.82) is 0 Å². The molecule has 0 aliphatic carbocycles. The summed E-state index contributed by atoms with van der Waals surface area (Å²) in [5.74, 6) is -0.994. The Morgan fingerprint density at radius 2 is 1.91 bits per heavy atom. The maximum Gasteiger partial charge on any atom is 0.412 e. The zero-order valence-corrected chi connectivity index (χ0v) is 11.9. The van der Waals surface area contributed by atoms with Crippen molar-refractivity contribution in [2.75, 3.05) is 13.1 Å². The van der Waals surface area contributed by atoms with Crippen molar-refractivity contribution in [3.8, 4) is 0 Å². The molecule has 0 spiro atoms. The third-order valence-corrected chi connectivity index (χ3v) is 3.52. The number of hydrogen-bond donors (Lipinski definition) is 1. The molecule has 0 aromatic heterocycles. The molecule has 1 atom stereocenters. The topological polar surface area (TPSA) is 49.4 Å². The van der Waals surface area contributed by atoms with Crippen LogP contribution in [-0.4, -0.2) is 36.0 Å². The highest BCUT2D eigenvalue weighted by molar-refractivity contribution is 5.85. The van der Waals surface area contributed by atoms with Crippen LogP contribution < -0.4 is 5.32 Å². The molecule has 1 N–H and O–H groups in total. The lowest BCUT2D eigenvalue weighted by atomic mass is 10.1. The van der Waals surface area contributed by atoms with E-state index in [1.807, 2.05) is 5.32 Å². The van der Waals surface area contributed by atoms with E-state index in [9.17, 15) is 22.8 Å². The molecule has 0 radical (unpaired) electrons. The molecule has 1 fully saturated rings. The summed E-state index contributed by atoms with van der Waals surface area (Å²) in [4.78, 5) is 24.8. The summed E-state index contributed by atoms with van der Waals surface area (Å²) >= 11 is 0. The van der Waals surface area contributed by atoms with E-state index in [0.717, 1.165) is 12.8 Å². The van der Waals surface area contributed by atoms with Gasteiger partial charge < -0.3 is 10.2 Å². The Bertz CT molecular complexity index is 531.